The minimum Gasteiger partial charge on any atom is -0.467 e. The normalized spacial score (nSPS) is 12.2. The van der Waals surface area contributed by atoms with Crippen LogP contribution in [0.3, 0.4) is 0 Å². The Kier molecular flexibility index (Phi) is 9.05. The first-order valence-corrected chi connectivity index (χ1v) is 12.5. The average molecular weight is 475 g/mol. The molecule has 1 N–H and O–H groups in total. The number of amides is 1. The van der Waals surface area contributed by atoms with Crippen molar-refractivity contribution in [2.75, 3.05) is 19.1 Å². The van der Waals surface area contributed by atoms with Crippen LogP contribution in [0.25, 0.3) is 22.8 Å². The summed E-state index contributed by atoms with van der Waals surface area (Å²) in [5.41, 5.74) is 6.46. The Hall–Kier alpha value is -3.38. The summed E-state index contributed by atoms with van der Waals surface area (Å²) in [5, 5.41) is 2.88. The molecule has 3 rings (SSSR count). The minimum atomic E-state index is -0.693. The Labute approximate surface area is 205 Å². The minimum absolute atomic E-state index is 0.297. The van der Waals surface area contributed by atoms with Gasteiger partial charge in [0.2, 0.25) is 0 Å². The van der Waals surface area contributed by atoms with E-state index in [1.54, 1.807) is 18.0 Å². The van der Waals surface area contributed by atoms with Crippen molar-refractivity contribution >= 4 is 35.3 Å². The Morgan fingerprint density at radius 1 is 1.12 bits per heavy atom. The molecule has 5 nitrogen and oxygen atoms in total. The molecule has 3 aromatic rings. The van der Waals surface area contributed by atoms with Crippen LogP contribution < -0.4 is 5.32 Å². The van der Waals surface area contributed by atoms with E-state index in [1.807, 2.05) is 80.9 Å². The zero-order valence-corrected chi connectivity index (χ0v) is 20.8. The zero-order valence-electron chi connectivity index (χ0n) is 20.0. The Morgan fingerprint density at radius 3 is 2.59 bits per heavy atom. The van der Waals surface area contributed by atoms with Crippen molar-refractivity contribution in [3.05, 3.63) is 89.2 Å². The van der Waals surface area contributed by atoms with Crippen molar-refractivity contribution in [1.29, 1.82) is 0 Å². The maximum Gasteiger partial charge on any atom is 0.328 e. The lowest BCUT2D eigenvalue weighted by atomic mass is 9.93. The smallest absolute Gasteiger partial charge is 0.328 e. The second kappa shape index (κ2) is 12.2. The molecule has 34 heavy (non-hydrogen) atoms. The van der Waals surface area contributed by atoms with Gasteiger partial charge in [-0.05, 0) is 83.9 Å². The number of benzene rings is 2. The summed E-state index contributed by atoms with van der Waals surface area (Å²) in [6, 6.07) is 17.0. The molecule has 0 fully saturated rings. The van der Waals surface area contributed by atoms with Crippen LogP contribution in [0, 0.1) is 6.92 Å². The highest BCUT2D eigenvalue weighted by Gasteiger charge is 2.23. The van der Waals surface area contributed by atoms with E-state index in [4.69, 9.17) is 4.74 Å². The van der Waals surface area contributed by atoms with Crippen LogP contribution in [0.15, 0.2) is 67.0 Å². The number of esters is 1. The maximum atomic E-state index is 13.3. The first-order valence-electron chi connectivity index (χ1n) is 11.1. The highest BCUT2D eigenvalue weighted by atomic mass is 32.2. The van der Waals surface area contributed by atoms with Gasteiger partial charge in [-0.25, -0.2) is 4.79 Å². The van der Waals surface area contributed by atoms with E-state index in [1.165, 1.54) is 7.11 Å². The lowest BCUT2D eigenvalue weighted by Gasteiger charge is -2.18. The molecule has 0 aliphatic carbocycles. The number of carbonyl (C=O) groups is 2. The van der Waals surface area contributed by atoms with Gasteiger partial charge in [-0.1, -0.05) is 42.5 Å². The molecule has 0 saturated heterocycles. The number of allylic oxidation sites excluding steroid dienone is 1. The van der Waals surface area contributed by atoms with Gasteiger partial charge < -0.3 is 10.1 Å². The summed E-state index contributed by atoms with van der Waals surface area (Å²) in [4.78, 5) is 29.8. The SMILES string of the molecule is COC(=O)[C@H](CCSC)NC(=O)c1ccc(/C=C(\C)c2cccnc2)cc1-c1ccccc1C. The third-order valence-corrected chi connectivity index (χ3v) is 6.27. The number of nitrogens with one attached hydrogen (secondary N) is 1. The monoisotopic (exact) mass is 474 g/mol. The fourth-order valence-corrected chi connectivity index (χ4v) is 4.21. The predicted octanol–water partition coefficient (Wildman–Crippen LogP) is 5.64. The highest BCUT2D eigenvalue weighted by Crippen LogP contribution is 2.30. The predicted molar refractivity (Wildman–Crippen MR) is 141 cm³/mol. The van der Waals surface area contributed by atoms with Gasteiger partial charge in [0.1, 0.15) is 6.04 Å². The number of nitrogens with zero attached hydrogens (tertiary/aromatic N) is 1. The molecule has 0 radical (unpaired) electrons. The van der Waals surface area contributed by atoms with Crippen molar-refractivity contribution in [2.24, 2.45) is 0 Å². The molecular formula is C28H30N2O3S. The van der Waals surface area contributed by atoms with Crippen molar-refractivity contribution in [3.8, 4) is 11.1 Å². The van der Waals surface area contributed by atoms with Crippen LogP contribution in [0.1, 0.15) is 40.4 Å². The summed E-state index contributed by atoms with van der Waals surface area (Å²) in [5.74, 6) is 0.00273. The van der Waals surface area contributed by atoms with Crippen molar-refractivity contribution in [1.82, 2.24) is 10.3 Å². The molecule has 176 valence electrons. The third-order valence-electron chi connectivity index (χ3n) is 5.63. The molecular weight excluding hydrogens is 444 g/mol. The van der Waals surface area contributed by atoms with Crippen molar-refractivity contribution in [3.63, 3.8) is 0 Å². The Bertz CT molecular complexity index is 1180. The maximum absolute atomic E-state index is 13.3. The van der Waals surface area contributed by atoms with Crippen molar-refractivity contribution < 1.29 is 14.3 Å². The van der Waals surface area contributed by atoms with Crippen LogP contribution in [-0.4, -0.2) is 42.0 Å². The van der Waals surface area contributed by atoms with Crippen molar-refractivity contribution in [2.45, 2.75) is 26.3 Å². The first kappa shape index (κ1) is 25.2. The van der Waals surface area contributed by atoms with E-state index in [9.17, 15) is 9.59 Å². The van der Waals surface area contributed by atoms with E-state index in [-0.39, 0.29) is 5.91 Å². The van der Waals surface area contributed by atoms with Gasteiger partial charge in [-0.15, -0.1) is 0 Å². The summed E-state index contributed by atoms with van der Waals surface area (Å²) in [7, 11) is 1.34. The fraction of sp³-hybridized carbons (Fsp3) is 0.250. The number of carbonyl (C=O) groups excluding carboxylic acids is 2. The summed E-state index contributed by atoms with van der Waals surface area (Å²) in [6.07, 6.45) is 8.13. The second-order valence-corrected chi connectivity index (χ2v) is 9.01. The van der Waals surface area contributed by atoms with E-state index < -0.39 is 12.0 Å². The number of hydrogen-bond donors (Lipinski definition) is 1. The van der Waals surface area contributed by atoms with E-state index >= 15 is 0 Å². The van der Waals surface area contributed by atoms with Crippen LogP contribution in [-0.2, 0) is 9.53 Å². The molecule has 1 aromatic heterocycles. The number of ether oxygens (including phenoxy) is 1. The molecule has 1 atom stereocenters. The lowest BCUT2D eigenvalue weighted by Crippen LogP contribution is -2.42. The topological polar surface area (TPSA) is 68.3 Å². The summed E-state index contributed by atoms with van der Waals surface area (Å²) >= 11 is 1.62. The van der Waals surface area contributed by atoms with Gasteiger partial charge in [0, 0.05) is 18.0 Å². The number of pyridine rings is 1. The molecule has 1 amide bonds. The quantitative estimate of drug-likeness (QED) is 0.406. The second-order valence-electron chi connectivity index (χ2n) is 8.02. The molecule has 0 aliphatic heterocycles. The van der Waals surface area contributed by atoms with Gasteiger partial charge in [0.15, 0.2) is 0 Å². The molecule has 0 aliphatic rings. The standard InChI is InChI=1S/C28H30N2O3S/c1-19-8-5-6-10-23(19)25-17-21(16-20(2)22-9-7-14-29-18-22)11-12-24(25)27(31)30-26(13-15-34-4)28(32)33-3/h5-12,14,16-18,26H,13,15H2,1-4H3,(H,30,31)/b20-16+/t26-/m0/s1. The molecule has 2 aromatic carbocycles. The molecule has 1 heterocycles. The highest BCUT2D eigenvalue weighted by molar-refractivity contribution is 7.98. The Balaban J connectivity index is 2.02. The van der Waals surface area contributed by atoms with Crippen LogP contribution in [0.5, 0.6) is 0 Å². The van der Waals surface area contributed by atoms with Crippen LogP contribution in [0.4, 0.5) is 0 Å². The largest absolute Gasteiger partial charge is 0.467 e. The lowest BCUT2D eigenvalue weighted by molar-refractivity contribution is -0.142. The van der Waals surface area contributed by atoms with Gasteiger partial charge >= 0.3 is 5.97 Å². The molecule has 6 heteroatoms. The molecule has 0 unspecified atom stereocenters. The molecule has 0 spiro atoms. The molecule has 0 saturated carbocycles. The third kappa shape index (κ3) is 6.35. The van der Waals surface area contributed by atoms with E-state index in [0.29, 0.717) is 12.0 Å². The first-order chi connectivity index (χ1) is 16.4. The van der Waals surface area contributed by atoms with Gasteiger partial charge in [0.05, 0.1) is 7.11 Å². The van der Waals surface area contributed by atoms with Crippen LogP contribution in [0.2, 0.25) is 0 Å². The van der Waals surface area contributed by atoms with Gasteiger partial charge in [-0.3, -0.25) is 9.78 Å². The molecule has 0 bridgehead atoms. The van der Waals surface area contributed by atoms with E-state index in [0.717, 1.165) is 39.1 Å². The summed E-state index contributed by atoms with van der Waals surface area (Å²) < 4.78 is 4.91. The number of aromatic nitrogens is 1. The zero-order chi connectivity index (χ0) is 24.5. The van der Waals surface area contributed by atoms with Crippen LogP contribution >= 0.6 is 11.8 Å². The van der Waals surface area contributed by atoms with E-state index in [2.05, 4.69) is 16.4 Å². The summed E-state index contributed by atoms with van der Waals surface area (Å²) in [6.45, 7) is 4.06. The number of hydrogen-bond acceptors (Lipinski definition) is 5. The average Bonchev–Trinajstić information content (AvgIpc) is 2.86. The van der Waals surface area contributed by atoms with Gasteiger partial charge in [-0.2, -0.15) is 11.8 Å². The number of methoxy groups -OCH3 is 1. The van der Waals surface area contributed by atoms with Gasteiger partial charge in [0.25, 0.3) is 5.91 Å². The number of thioether (sulfide) groups is 1. The fourth-order valence-electron chi connectivity index (χ4n) is 3.74. The number of aryl methyl sites for hydroxylation is 1. The Morgan fingerprint density at radius 2 is 1.91 bits per heavy atom. The number of rotatable bonds is 9.